The van der Waals surface area contributed by atoms with E-state index < -0.39 is 10.0 Å². The van der Waals surface area contributed by atoms with Gasteiger partial charge < -0.3 is 4.90 Å². The number of nitrogens with zero attached hydrogens (tertiary/aromatic N) is 4. The monoisotopic (exact) mass is 564 g/mol. The summed E-state index contributed by atoms with van der Waals surface area (Å²) < 4.78 is 29.4. The highest BCUT2D eigenvalue weighted by Crippen LogP contribution is 2.32. The first-order chi connectivity index (χ1) is 16.3. The average molecular weight is 566 g/mol. The molecule has 34 heavy (non-hydrogen) atoms. The maximum absolute atomic E-state index is 13.5. The summed E-state index contributed by atoms with van der Waals surface area (Å²) in [7, 11) is 0.472. The first-order valence-electron chi connectivity index (χ1n) is 11.4. The second-order valence-electron chi connectivity index (χ2n) is 8.71. The van der Waals surface area contributed by atoms with Gasteiger partial charge in [0.1, 0.15) is 0 Å². The Morgan fingerprint density at radius 2 is 1.76 bits per heavy atom. The van der Waals surface area contributed by atoms with Crippen molar-refractivity contribution in [2.75, 3.05) is 45.2 Å². The number of fused-ring (bicyclic) bond motifs is 1. The summed E-state index contributed by atoms with van der Waals surface area (Å²) in [6.45, 7) is 2.46. The molecule has 0 bridgehead atoms. The number of halogens is 1. The number of anilines is 1. The molecule has 4 rings (SSSR count). The van der Waals surface area contributed by atoms with Gasteiger partial charge in [-0.3, -0.25) is 9.69 Å². The van der Waals surface area contributed by atoms with Gasteiger partial charge >= 0.3 is 0 Å². The van der Waals surface area contributed by atoms with E-state index in [1.54, 1.807) is 33.5 Å². The summed E-state index contributed by atoms with van der Waals surface area (Å²) in [4.78, 5) is 22.3. The third kappa shape index (κ3) is 5.68. The predicted octanol–water partition coefficient (Wildman–Crippen LogP) is 4.83. The van der Waals surface area contributed by atoms with Crippen LogP contribution in [0.4, 0.5) is 5.13 Å². The summed E-state index contributed by atoms with van der Waals surface area (Å²) in [6, 6.07) is 12.2. The lowest BCUT2D eigenvalue weighted by Crippen LogP contribution is -2.35. The molecule has 0 aliphatic carbocycles. The number of carbonyl (C=O) groups excluding carboxylic acids is 1. The number of rotatable bonds is 8. The van der Waals surface area contributed by atoms with E-state index in [4.69, 9.17) is 4.98 Å². The zero-order chi connectivity index (χ0) is 24.3. The second kappa shape index (κ2) is 10.8. The summed E-state index contributed by atoms with van der Waals surface area (Å²) in [5, 5.41) is 0.641. The first-order valence-corrected chi connectivity index (χ1v) is 14.4. The van der Waals surface area contributed by atoms with Crippen LogP contribution in [0.25, 0.3) is 10.2 Å². The van der Waals surface area contributed by atoms with E-state index in [2.05, 4.69) is 20.8 Å². The van der Waals surface area contributed by atoms with Gasteiger partial charge in [-0.15, -0.1) is 0 Å². The number of piperidine rings is 1. The molecule has 1 aromatic heterocycles. The number of carbonyl (C=O) groups is 1. The largest absolute Gasteiger partial charge is 0.309 e. The SMILES string of the molecule is CN(C)CCCN(C(=O)c1ccc(S(=O)(=O)N2CCCCC2)cc1)c1nc2ccc(Br)cc2s1. The van der Waals surface area contributed by atoms with Gasteiger partial charge in [0, 0.05) is 29.7 Å². The Hall–Kier alpha value is -1.85. The maximum Gasteiger partial charge on any atom is 0.260 e. The van der Waals surface area contributed by atoms with Crippen LogP contribution in [0.1, 0.15) is 36.0 Å². The van der Waals surface area contributed by atoms with E-state index in [1.807, 2.05) is 32.3 Å². The Balaban J connectivity index is 1.60. The van der Waals surface area contributed by atoms with Crippen molar-refractivity contribution in [3.05, 3.63) is 52.5 Å². The van der Waals surface area contributed by atoms with Crippen LogP contribution in [-0.4, -0.2) is 68.8 Å². The summed E-state index contributed by atoms with van der Waals surface area (Å²) in [5.41, 5.74) is 1.29. The van der Waals surface area contributed by atoms with E-state index in [9.17, 15) is 13.2 Å². The van der Waals surface area contributed by atoms with Gasteiger partial charge in [-0.05, 0) is 82.4 Å². The summed E-state index contributed by atoms with van der Waals surface area (Å²) in [5.74, 6) is -0.182. The van der Waals surface area contributed by atoms with Crippen molar-refractivity contribution in [3.63, 3.8) is 0 Å². The van der Waals surface area contributed by atoms with Crippen LogP contribution in [0.15, 0.2) is 51.8 Å². The lowest BCUT2D eigenvalue weighted by atomic mass is 10.2. The third-order valence-corrected chi connectivity index (χ3v) is 9.30. The van der Waals surface area contributed by atoms with Gasteiger partial charge in [-0.2, -0.15) is 4.31 Å². The molecule has 0 radical (unpaired) electrons. The number of amides is 1. The van der Waals surface area contributed by atoms with Crippen LogP contribution in [0.3, 0.4) is 0 Å². The number of sulfonamides is 1. The van der Waals surface area contributed by atoms with Gasteiger partial charge in [-0.25, -0.2) is 13.4 Å². The Labute approximate surface area is 213 Å². The normalized spacial score (nSPS) is 15.2. The fourth-order valence-electron chi connectivity index (χ4n) is 4.01. The Morgan fingerprint density at radius 1 is 1.06 bits per heavy atom. The number of benzene rings is 2. The van der Waals surface area contributed by atoms with Crippen molar-refractivity contribution in [2.45, 2.75) is 30.6 Å². The highest BCUT2D eigenvalue weighted by molar-refractivity contribution is 9.10. The fourth-order valence-corrected chi connectivity index (χ4v) is 7.07. The first kappa shape index (κ1) is 25.2. The summed E-state index contributed by atoms with van der Waals surface area (Å²) in [6.07, 6.45) is 3.62. The smallest absolute Gasteiger partial charge is 0.260 e. The van der Waals surface area contributed by atoms with Crippen molar-refractivity contribution in [2.24, 2.45) is 0 Å². The molecule has 0 saturated carbocycles. The molecule has 1 amide bonds. The molecule has 1 aliphatic rings. The van der Waals surface area contributed by atoms with E-state index in [1.165, 1.54) is 11.3 Å². The minimum Gasteiger partial charge on any atom is -0.309 e. The topological polar surface area (TPSA) is 73.8 Å². The van der Waals surface area contributed by atoms with Gasteiger partial charge in [0.05, 0.1) is 15.1 Å². The number of aromatic nitrogens is 1. The number of thiazole rings is 1. The van der Waals surface area contributed by atoms with E-state index >= 15 is 0 Å². The Morgan fingerprint density at radius 3 is 2.44 bits per heavy atom. The zero-order valence-corrected chi connectivity index (χ0v) is 22.6. The van der Waals surface area contributed by atoms with Crippen LogP contribution >= 0.6 is 27.3 Å². The number of hydrogen-bond acceptors (Lipinski definition) is 6. The molecule has 1 aliphatic heterocycles. The lowest BCUT2D eigenvalue weighted by molar-refractivity contribution is 0.0986. The molecule has 2 heterocycles. The molecular formula is C24H29BrN4O3S2. The predicted molar refractivity (Wildman–Crippen MR) is 141 cm³/mol. The standard InChI is InChI=1S/C24H29BrN4O3S2/c1-27(2)13-6-16-29(24-26-21-12-9-19(25)17-22(21)33-24)23(30)18-7-10-20(11-8-18)34(31,32)28-14-4-3-5-15-28/h7-12,17H,3-6,13-16H2,1-2H3. The molecule has 2 aromatic carbocycles. The Kier molecular flexibility index (Phi) is 8.04. The van der Waals surface area contributed by atoms with E-state index in [-0.39, 0.29) is 10.8 Å². The van der Waals surface area contributed by atoms with Gasteiger partial charge in [0.2, 0.25) is 10.0 Å². The third-order valence-electron chi connectivity index (χ3n) is 5.86. The van der Waals surface area contributed by atoms with Crippen LogP contribution < -0.4 is 4.90 Å². The van der Waals surface area contributed by atoms with Gasteiger partial charge in [-0.1, -0.05) is 33.7 Å². The van der Waals surface area contributed by atoms with Crippen LogP contribution in [0.5, 0.6) is 0 Å². The minimum atomic E-state index is -3.53. The molecule has 7 nitrogen and oxygen atoms in total. The Bertz CT molecular complexity index is 1250. The number of hydrogen-bond donors (Lipinski definition) is 0. The maximum atomic E-state index is 13.5. The van der Waals surface area contributed by atoms with Crippen LogP contribution in [0.2, 0.25) is 0 Å². The van der Waals surface area contributed by atoms with Gasteiger partial charge in [0.15, 0.2) is 5.13 Å². The van der Waals surface area contributed by atoms with Gasteiger partial charge in [0.25, 0.3) is 5.91 Å². The molecule has 182 valence electrons. The molecule has 0 atom stereocenters. The molecular weight excluding hydrogens is 536 g/mol. The molecule has 3 aromatic rings. The highest BCUT2D eigenvalue weighted by Gasteiger charge is 2.27. The highest BCUT2D eigenvalue weighted by atomic mass is 79.9. The van der Waals surface area contributed by atoms with Crippen molar-refractivity contribution >= 4 is 58.5 Å². The fraction of sp³-hybridized carbons (Fsp3) is 0.417. The van der Waals surface area contributed by atoms with E-state index in [0.717, 1.165) is 46.9 Å². The molecule has 1 fully saturated rings. The zero-order valence-electron chi connectivity index (χ0n) is 19.4. The van der Waals surface area contributed by atoms with Crippen molar-refractivity contribution < 1.29 is 13.2 Å². The van der Waals surface area contributed by atoms with E-state index in [0.29, 0.717) is 30.3 Å². The quantitative estimate of drug-likeness (QED) is 0.391. The second-order valence-corrected chi connectivity index (χ2v) is 12.6. The lowest BCUT2D eigenvalue weighted by Gasteiger charge is -2.26. The van der Waals surface area contributed by atoms with Crippen molar-refractivity contribution in [1.82, 2.24) is 14.2 Å². The molecule has 0 spiro atoms. The minimum absolute atomic E-state index is 0.182. The van der Waals surface area contributed by atoms with Crippen LogP contribution in [0, 0.1) is 0 Å². The average Bonchev–Trinajstić information content (AvgIpc) is 3.24. The molecule has 1 saturated heterocycles. The summed E-state index contributed by atoms with van der Waals surface area (Å²) >= 11 is 4.97. The van der Waals surface area contributed by atoms with Crippen LogP contribution in [-0.2, 0) is 10.0 Å². The molecule has 0 N–H and O–H groups in total. The van der Waals surface area contributed by atoms with Crippen molar-refractivity contribution in [3.8, 4) is 0 Å². The molecule has 0 unspecified atom stereocenters. The van der Waals surface area contributed by atoms with Crippen molar-refractivity contribution in [1.29, 1.82) is 0 Å². The molecule has 10 heteroatoms.